The first kappa shape index (κ1) is 12.4. The second kappa shape index (κ2) is 5.07. The van der Waals surface area contributed by atoms with Crippen molar-refractivity contribution in [1.82, 2.24) is 0 Å². The van der Waals surface area contributed by atoms with E-state index in [4.69, 9.17) is 4.42 Å². The molecule has 1 fully saturated rings. The summed E-state index contributed by atoms with van der Waals surface area (Å²) in [6.07, 6.45) is 9.52. The molecule has 0 aliphatic heterocycles. The summed E-state index contributed by atoms with van der Waals surface area (Å²) in [5, 5.41) is 0. The topological polar surface area (TPSA) is 30.2 Å². The summed E-state index contributed by atoms with van der Waals surface area (Å²) in [5.74, 6) is 1.02. The van der Waals surface area contributed by atoms with Gasteiger partial charge in [-0.1, -0.05) is 26.7 Å². The Morgan fingerprint density at radius 1 is 1.41 bits per heavy atom. The standard InChI is InChI=1S/C15H22O2/c1-12(2)10-15(6-3-4-7-15)14(16)9-13-5-8-17-11-13/h5,8,11-12H,3-4,6-7,9-10H2,1-2H3. The Balaban J connectivity index is 2.08. The van der Waals surface area contributed by atoms with Gasteiger partial charge in [-0.15, -0.1) is 0 Å². The Labute approximate surface area is 103 Å². The minimum atomic E-state index is -0.0363. The van der Waals surface area contributed by atoms with E-state index in [9.17, 15) is 4.79 Å². The normalized spacial score (nSPS) is 18.8. The van der Waals surface area contributed by atoms with Gasteiger partial charge in [-0.05, 0) is 36.8 Å². The molecule has 1 aliphatic carbocycles. The first-order valence-corrected chi connectivity index (χ1v) is 6.67. The van der Waals surface area contributed by atoms with Crippen LogP contribution in [0.3, 0.4) is 0 Å². The summed E-state index contributed by atoms with van der Waals surface area (Å²) in [5.41, 5.74) is 0.982. The van der Waals surface area contributed by atoms with Crippen molar-refractivity contribution in [3.63, 3.8) is 0 Å². The van der Waals surface area contributed by atoms with Crippen molar-refractivity contribution in [2.24, 2.45) is 11.3 Å². The van der Waals surface area contributed by atoms with E-state index < -0.39 is 0 Å². The minimum absolute atomic E-state index is 0.0363. The van der Waals surface area contributed by atoms with Gasteiger partial charge in [0.25, 0.3) is 0 Å². The molecule has 17 heavy (non-hydrogen) atoms. The molecule has 1 saturated carbocycles. The SMILES string of the molecule is CC(C)CC1(C(=O)Cc2ccoc2)CCCC1. The molecule has 0 N–H and O–H groups in total. The molecular weight excluding hydrogens is 212 g/mol. The minimum Gasteiger partial charge on any atom is -0.472 e. The summed E-state index contributed by atoms with van der Waals surface area (Å²) in [4.78, 5) is 12.5. The third kappa shape index (κ3) is 2.80. The maximum Gasteiger partial charge on any atom is 0.143 e. The highest BCUT2D eigenvalue weighted by molar-refractivity contribution is 5.87. The fourth-order valence-corrected chi connectivity index (χ4v) is 3.20. The Bertz CT molecular complexity index is 356. The highest BCUT2D eigenvalue weighted by Crippen LogP contribution is 2.44. The van der Waals surface area contributed by atoms with E-state index in [1.54, 1.807) is 12.5 Å². The van der Waals surface area contributed by atoms with E-state index in [-0.39, 0.29) is 5.41 Å². The molecule has 2 rings (SSSR count). The molecular formula is C15H22O2. The maximum atomic E-state index is 12.5. The van der Waals surface area contributed by atoms with E-state index in [2.05, 4.69) is 13.8 Å². The maximum absolute atomic E-state index is 12.5. The van der Waals surface area contributed by atoms with Crippen molar-refractivity contribution < 1.29 is 9.21 Å². The number of carbonyl (C=O) groups excluding carboxylic acids is 1. The highest BCUT2D eigenvalue weighted by Gasteiger charge is 2.40. The van der Waals surface area contributed by atoms with Gasteiger partial charge in [0.15, 0.2) is 0 Å². The predicted octanol–water partition coefficient (Wildman–Crippen LogP) is 4.00. The van der Waals surface area contributed by atoms with Crippen LogP contribution in [0.25, 0.3) is 0 Å². The molecule has 1 heterocycles. The van der Waals surface area contributed by atoms with Gasteiger partial charge in [-0.25, -0.2) is 0 Å². The molecule has 1 aromatic rings. The average molecular weight is 234 g/mol. The Kier molecular flexibility index (Phi) is 3.70. The molecule has 0 aromatic carbocycles. The first-order chi connectivity index (χ1) is 8.12. The van der Waals surface area contributed by atoms with E-state index in [0.29, 0.717) is 18.1 Å². The van der Waals surface area contributed by atoms with Gasteiger partial charge < -0.3 is 4.42 Å². The van der Waals surface area contributed by atoms with Crippen LogP contribution >= 0.6 is 0 Å². The zero-order chi connectivity index (χ0) is 12.3. The van der Waals surface area contributed by atoms with Gasteiger partial charge in [0.05, 0.1) is 12.5 Å². The quantitative estimate of drug-likeness (QED) is 0.771. The lowest BCUT2D eigenvalue weighted by Crippen LogP contribution is -2.31. The number of Topliss-reactive ketones (excluding diaryl/α,β-unsaturated/α-hetero) is 1. The van der Waals surface area contributed by atoms with Crippen molar-refractivity contribution in [1.29, 1.82) is 0 Å². The average Bonchev–Trinajstić information content (AvgIpc) is 2.88. The van der Waals surface area contributed by atoms with Crippen LogP contribution in [-0.4, -0.2) is 5.78 Å². The summed E-state index contributed by atoms with van der Waals surface area (Å²) >= 11 is 0. The second-order valence-electron chi connectivity index (χ2n) is 5.82. The smallest absolute Gasteiger partial charge is 0.143 e. The Morgan fingerprint density at radius 3 is 2.65 bits per heavy atom. The fourth-order valence-electron chi connectivity index (χ4n) is 3.20. The third-order valence-electron chi connectivity index (χ3n) is 3.90. The van der Waals surface area contributed by atoms with Gasteiger partial charge >= 0.3 is 0 Å². The molecule has 0 radical (unpaired) electrons. The van der Waals surface area contributed by atoms with E-state index in [0.717, 1.165) is 24.8 Å². The van der Waals surface area contributed by atoms with Gasteiger partial charge in [0.2, 0.25) is 0 Å². The van der Waals surface area contributed by atoms with Gasteiger partial charge in [-0.3, -0.25) is 4.79 Å². The van der Waals surface area contributed by atoms with Crippen LogP contribution in [0.15, 0.2) is 23.0 Å². The van der Waals surface area contributed by atoms with E-state index in [1.807, 2.05) is 6.07 Å². The lowest BCUT2D eigenvalue weighted by molar-refractivity contribution is -0.128. The van der Waals surface area contributed by atoms with Crippen LogP contribution in [0.4, 0.5) is 0 Å². The lowest BCUT2D eigenvalue weighted by atomic mass is 9.73. The van der Waals surface area contributed by atoms with Crippen LogP contribution in [0.1, 0.15) is 51.5 Å². The zero-order valence-electron chi connectivity index (χ0n) is 10.9. The van der Waals surface area contributed by atoms with Crippen molar-refractivity contribution in [3.05, 3.63) is 24.2 Å². The van der Waals surface area contributed by atoms with Crippen molar-refractivity contribution >= 4 is 5.78 Å². The molecule has 0 spiro atoms. The number of hydrogen-bond donors (Lipinski definition) is 0. The van der Waals surface area contributed by atoms with Crippen LogP contribution in [0, 0.1) is 11.3 Å². The van der Waals surface area contributed by atoms with Crippen molar-refractivity contribution in [3.8, 4) is 0 Å². The van der Waals surface area contributed by atoms with E-state index >= 15 is 0 Å². The molecule has 2 heteroatoms. The van der Waals surface area contributed by atoms with E-state index in [1.165, 1.54) is 12.8 Å². The second-order valence-corrected chi connectivity index (χ2v) is 5.82. The zero-order valence-corrected chi connectivity index (χ0v) is 10.9. The molecule has 94 valence electrons. The summed E-state index contributed by atoms with van der Waals surface area (Å²) in [7, 11) is 0. The molecule has 0 saturated heterocycles. The number of furan rings is 1. The van der Waals surface area contributed by atoms with Crippen molar-refractivity contribution in [2.45, 2.75) is 52.4 Å². The molecule has 0 amide bonds. The molecule has 1 aromatic heterocycles. The third-order valence-corrected chi connectivity index (χ3v) is 3.90. The van der Waals surface area contributed by atoms with Crippen LogP contribution < -0.4 is 0 Å². The molecule has 0 bridgehead atoms. The first-order valence-electron chi connectivity index (χ1n) is 6.67. The van der Waals surface area contributed by atoms with Crippen molar-refractivity contribution in [2.75, 3.05) is 0 Å². The summed E-state index contributed by atoms with van der Waals surface area (Å²) < 4.78 is 5.04. The van der Waals surface area contributed by atoms with Gasteiger partial charge in [0, 0.05) is 11.8 Å². The molecule has 2 nitrogen and oxygen atoms in total. The molecule has 0 unspecified atom stereocenters. The predicted molar refractivity (Wildman–Crippen MR) is 67.8 cm³/mol. The Morgan fingerprint density at radius 2 is 2.12 bits per heavy atom. The number of hydrogen-bond acceptors (Lipinski definition) is 2. The summed E-state index contributed by atoms with van der Waals surface area (Å²) in [6, 6.07) is 1.90. The lowest BCUT2D eigenvalue weighted by Gasteiger charge is -2.29. The van der Waals surface area contributed by atoms with Crippen LogP contribution in [-0.2, 0) is 11.2 Å². The number of rotatable bonds is 5. The van der Waals surface area contributed by atoms with Gasteiger partial charge in [0.1, 0.15) is 5.78 Å². The van der Waals surface area contributed by atoms with Crippen LogP contribution in [0.5, 0.6) is 0 Å². The van der Waals surface area contributed by atoms with Gasteiger partial charge in [-0.2, -0.15) is 0 Å². The number of carbonyl (C=O) groups is 1. The summed E-state index contributed by atoms with van der Waals surface area (Å²) in [6.45, 7) is 4.43. The molecule has 1 aliphatic rings. The largest absolute Gasteiger partial charge is 0.472 e. The van der Waals surface area contributed by atoms with Crippen LogP contribution in [0.2, 0.25) is 0 Å². The Hall–Kier alpha value is -1.05. The number of ketones is 1. The fraction of sp³-hybridized carbons (Fsp3) is 0.667. The monoisotopic (exact) mass is 234 g/mol. The highest BCUT2D eigenvalue weighted by atomic mass is 16.3. The molecule has 0 atom stereocenters.